The summed E-state index contributed by atoms with van der Waals surface area (Å²) in [5.74, 6) is -7.23. The Labute approximate surface area is 371 Å². The lowest BCUT2D eigenvalue weighted by Gasteiger charge is -2.30. The van der Waals surface area contributed by atoms with Crippen LogP contribution in [0.4, 0.5) is 0 Å². The molecule has 21 nitrogen and oxygen atoms in total. The van der Waals surface area contributed by atoms with Crippen LogP contribution in [0.5, 0.6) is 5.75 Å². The lowest BCUT2D eigenvalue weighted by molar-refractivity contribution is -0.142. The van der Waals surface area contributed by atoms with E-state index in [4.69, 9.17) is 17.2 Å². The molecule has 1 saturated heterocycles. The highest BCUT2D eigenvalue weighted by Crippen LogP contribution is 2.21. The molecule has 350 valence electrons. The predicted molar refractivity (Wildman–Crippen MR) is 232 cm³/mol. The van der Waals surface area contributed by atoms with E-state index in [0.29, 0.717) is 18.4 Å². The SMILES string of the molecule is CC(C)C[C@H](NC(=O)CNC(=O)[C@@H](NC(=O)[C@H](CCC(N)=O)NC(=O)[C@H](Cc1ccc(O)cc1)NC(=O)[C@H](C)N)[C@@H](C)O)C(=O)N1CCC[C@H]1C(=O)N[C@@H](Cc1ccccc1)C(N)=O. The van der Waals surface area contributed by atoms with Gasteiger partial charge in [-0.1, -0.05) is 56.3 Å². The zero-order valence-corrected chi connectivity index (χ0v) is 36.5. The Morgan fingerprint density at radius 1 is 0.719 bits per heavy atom. The normalized spacial score (nSPS) is 16.7. The highest BCUT2D eigenvalue weighted by molar-refractivity contribution is 5.97. The van der Waals surface area contributed by atoms with Crippen molar-refractivity contribution in [1.29, 1.82) is 0 Å². The summed E-state index contributed by atoms with van der Waals surface area (Å²) in [6.07, 6.45) is -1.30. The Morgan fingerprint density at radius 2 is 1.31 bits per heavy atom. The number of hydrogen-bond donors (Lipinski definition) is 11. The van der Waals surface area contributed by atoms with Crippen molar-refractivity contribution in [3.8, 4) is 5.75 Å². The number of nitrogens with one attached hydrogen (secondary N) is 6. The number of nitrogens with zero attached hydrogens (tertiary/aromatic N) is 1. The van der Waals surface area contributed by atoms with E-state index in [-0.39, 0.29) is 50.3 Å². The third kappa shape index (κ3) is 16.6. The van der Waals surface area contributed by atoms with Crippen molar-refractivity contribution in [3.63, 3.8) is 0 Å². The summed E-state index contributed by atoms with van der Waals surface area (Å²) in [4.78, 5) is 119. The molecule has 0 spiro atoms. The molecular formula is C43H62N10O11. The molecule has 14 N–H and O–H groups in total. The van der Waals surface area contributed by atoms with E-state index >= 15 is 0 Å². The molecule has 2 aromatic carbocycles. The number of benzene rings is 2. The van der Waals surface area contributed by atoms with Crippen LogP contribution in [0.15, 0.2) is 54.6 Å². The number of rotatable bonds is 24. The summed E-state index contributed by atoms with van der Waals surface area (Å²) in [5.41, 5.74) is 17.9. The van der Waals surface area contributed by atoms with Gasteiger partial charge in [0.05, 0.1) is 18.7 Å². The predicted octanol–water partition coefficient (Wildman–Crippen LogP) is -2.77. The van der Waals surface area contributed by atoms with E-state index in [1.807, 2.05) is 19.9 Å². The molecule has 1 heterocycles. The Kier molecular flexibility index (Phi) is 20.1. The summed E-state index contributed by atoms with van der Waals surface area (Å²) in [6, 6.07) is 6.13. The van der Waals surface area contributed by atoms with Crippen LogP contribution in [-0.4, -0.2) is 130 Å². The van der Waals surface area contributed by atoms with Crippen LogP contribution in [0.25, 0.3) is 0 Å². The van der Waals surface area contributed by atoms with Gasteiger partial charge in [-0.05, 0) is 68.7 Å². The molecule has 0 unspecified atom stereocenters. The third-order valence-electron chi connectivity index (χ3n) is 10.3. The van der Waals surface area contributed by atoms with Crippen molar-refractivity contribution < 1.29 is 53.4 Å². The number of aliphatic hydroxyl groups is 1. The molecule has 1 aliphatic heterocycles. The minimum Gasteiger partial charge on any atom is -0.508 e. The van der Waals surface area contributed by atoms with Gasteiger partial charge in [0.1, 0.15) is 42.0 Å². The minimum atomic E-state index is -1.69. The third-order valence-corrected chi connectivity index (χ3v) is 10.3. The fraction of sp³-hybridized carbons (Fsp3) is 0.512. The van der Waals surface area contributed by atoms with Crippen LogP contribution in [0, 0.1) is 5.92 Å². The smallest absolute Gasteiger partial charge is 0.245 e. The first kappa shape index (κ1) is 51.7. The largest absolute Gasteiger partial charge is 0.508 e. The first-order chi connectivity index (χ1) is 30.2. The Balaban J connectivity index is 1.69. The number of aliphatic hydroxyl groups excluding tert-OH is 1. The average Bonchev–Trinajstić information content (AvgIpc) is 3.73. The average molecular weight is 895 g/mol. The fourth-order valence-electron chi connectivity index (χ4n) is 6.93. The quantitative estimate of drug-likeness (QED) is 0.0511. The molecular weight excluding hydrogens is 833 g/mol. The fourth-order valence-corrected chi connectivity index (χ4v) is 6.93. The van der Waals surface area contributed by atoms with Crippen LogP contribution in [0.3, 0.4) is 0 Å². The number of nitrogens with two attached hydrogens (primary N) is 3. The second-order valence-corrected chi connectivity index (χ2v) is 16.3. The second-order valence-electron chi connectivity index (χ2n) is 16.3. The summed E-state index contributed by atoms with van der Waals surface area (Å²) >= 11 is 0. The molecule has 0 bridgehead atoms. The Bertz CT molecular complexity index is 1960. The van der Waals surface area contributed by atoms with Crippen LogP contribution in [0.2, 0.25) is 0 Å². The van der Waals surface area contributed by atoms with Crippen LogP contribution < -0.4 is 49.1 Å². The standard InChI is InChI=1S/C43H62N10O11/c1-23(2)19-32(43(64)53-18-8-11-33(53)41(62)50-30(37(46)58)20-26-9-6-5-7-10-26)48-35(57)22-47-42(63)36(25(4)54)52-39(60)29(16-17-34(45)56)49-40(61)31(51-38(59)24(3)44)21-27-12-14-28(55)15-13-27/h5-7,9-10,12-15,23-25,29-33,36,54-55H,8,11,16-22,44H2,1-4H3,(H2,45,56)(H2,46,58)(H,47,63)(H,48,57)(H,49,61)(H,50,62)(H,51,59)(H,52,60)/t24-,25+,29-,30-,31-,32-,33-,36-/m0/s1. The highest BCUT2D eigenvalue weighted by Gasteiger charge is 2.39. The van der Waals surface area contributed by atoms with Crippen LogP contribution >= 0.6 is 0 Å². The van der Waals surface area contributed by atoms with E-state index < -0.39 is 108 Å². The maximum Gasteiger partial charge on any atom is 0.245 e. The molecule has 0 aliphatic carbocycles. The number of aromatic hydroxyl groups is 1. The first-order valence-electron chi connectivity index (χ1n) is 21.1. The van der Waals surface area contributed by atoms with E-state index in [9.17, 15) is 53.4 Å². The molecule has 64 heavy (non-hydrogen) atoms. The topological polar surface area (TPSA) is 348 Å². The van der Waals surface area contributed by atoms with Gasteiger partial charge in [0.15, 0.2) is 0 Å². The number of carbonyl (C=O) groups excluding carboxylic acids is 9. The number of phenols is 1. The van der Waals surface area contributed by atoms with E-state index in [0.717, 1.165) is 5.56 Å². The maximum absolute atomic E-state index is 13.9. The Morgan fingerprint density at radius 3 is 1.89 bits per heavy atom. The monoisotopic (exact) mass is 894 g/mol. The van der Waals surface area contributed by atoms with Crippen molar-refractivity contribution in [1.82, 2.24) is 36.8 Å². The van der Waals surface area contributed by atoms with E-state index in [2.05, 4.69) is 31.9 Å². The van der Waals surface area contributed by atoms with Crippen molar-refractivity contribution in [2.45, 2.75) is 121 Å². The maximum atomic E-state index is 13.9. The molecule has 0 aromatic heterocycles. The molecule has 3 rings (SSSR count). The highest BCUT2D eigenvalue weighted by atomic mass is 16.3. The molecule has 21 heteroatoms. The number of hydrogen-bond acceptors (Lipinski definition) is 12. The molecule has 8 atom stereocenters. The van der Waals surface area contributed by atoms with Gasteiger partial charge >= 0.3 is 0 Å². The summed E-state index contributed by atoms with van der Waals surface area (Å²) in [7, 11) is 0. The molecule has 1 aliphatic rings. The number of phenolic OH excluding ortho intramolecular Hbond substituents is 1. The molecule has 2 aromatic rings. The van der Waals surface area contributed by atoms with Gasteiger partial charge in [0.2, 0.25) is 53.2 Å². The van der Waals surface area contributed by atoms with Crippen molar-refractivity contribution >= 4 is 53.2 Å². The zero-order chi connectivity index (χ0) is 47.7. The molecule has 1 fully saturated rings. The zero-order valence-electron chi connectivity index (χ0n) is 36.5. The van der Waals surface area contributed by atoms with Crippen LogP contribution in [-0.2, 0) is 56.0 Å². The summed E-state index contributed by atoms with van der Waals surface area (Å²) in [5, 5.41) is 35.1. The van der Waals surface area contributed by atoms with Gasteiger partial charge in [-0.3, -0.25) is 43.2 Å². The van der Waals surface area contributed by atoms with Crippen molar-refractivity contribution in [3.05, 3.63) is 65.7 Å². The number of primary amides is 2. The lowest BCUT2D eigenvalue weighted by atomic mass is 10.0. The van der Waals surface area contributed by atoms with Crippen molar-refractivity contribution in [2.24, 2.45) is 23.1 Å². The van der Waals surface area contributed by atoms with Gasteiger partial charge in [-0.25, -0.2) is 0 Å². The molecule has 0 radical (unpaired) electrons. The summed E-state index contributed by atoms with van der Waals surface area (Å²) < 4.78 is 0. The summed E-state index contributed by atoms with van der Waals surface area (Å²) in [6.45, 7) is 5.73. The number of carbonyl (C=O) groups is 9. The van der Waals surface area contributed by atoms with E-state index in [1.165, 1.54) is 43.0 Å². The first-order valence-corrected chi connectivity index (χ1v) is 21.1. The molecule has 0 saturated carbocycles. The van der Waals surface area contributed by atoms with Crippen LogP contribution in [0.1, 0.15) is 70.9 Å². The van der Waals surface area contributed by atoms with Gasteiger partial charge in [-0.15, -0.1) is 0 Å². The van der Waals surface area contributed by atoms with Gasteiger partial charge in [0, 0.05) is 25.8 Å². The van der Waals surface area contributed by atoms with Crippen molar-refractivity contribution in [2.75, 3.05) is 13.1 Å². The minimum absolute atomic E-state index is 0.0398. The molecule has 9 amide bonds. The number of likely N-dealkylation sites (tertiary alicyclic amines) is 1. The van der Waals surface area contributed by atoms with Gasteiger partial charge in [-0.2, -0.15) is 0 Å². The second kappa shape index (κ2) is 24.9. The van der Waals surface area contributed by atoms with E-state index in [1.54, 1.807) is 24.3 Å². The number of amides is 9. The lowest BCUT2D eigenvalue weighted by Crippen LogP contribution is -2.60. The Hall–Kier alpha value is -6.61. The van der Waals surface area contributed by atoms with Gasteiger partial charge < -0.3 is 64.2 Å². The van der Waals surface area contributed by atoms with Gasteiger partial charge in [0.25, 0.3) is 0 Å².